The second-order valence-corrected chi connectivity index (χ2v) is 8.72. The topological polar surface area (TPSA) is 63.7 Å². The maximum Gasteiger partial charge on any atom is 0.330 e. The molecule has 0 radical (unpaired) electrons. The highest BCUT2D eigenvalue weighted by Crippen LogP contribution is 2.45. The van der Waals surface area contributed by atoms with E-state index < -0.39 is 35.3 Å². The lowest BCUT2D eigenvalue weighted by Gasteiger charge is -2.30. The van der Waals surface area contributed by atoms with Gasteiger partial charge in [0.1, 0.15) is 11.6 Å². The van der Waals surface area contributed by atoms with Crippen LogP contribution in [0, 0.1) is 5.92 Å². The molecular weight excluding hydrogens is 424 g/mol. The van der Waals surface area contributed by atoms with E-state index in [1.54, 1.807) is 34.6 Å². The summed E-state index contributed by atoms with van der Waals surface area (Å²) < 4.78 is 5.37. The van der Waals surface area contributed by atoms with Crippen molar-refractivity contribution >= 4 is 64.2 Å². The van der Waals surface area contributed by atoms with E-state index in [0.29, 0.717) is 0 Å². The van der Waals surface area contributed by atoms with E-state index in [-0.39, 0.29) is 31.2 Å². The Labute approximate surface area is 171 Å². The summed E-state index contributed by atoms with van der Waals surface area (Å²) in [4.78, 5) is 39.3. The Hall–Kier alpha value is -1.01. The van der Waals surface area contributed by atoms with E-state index in [2.05, 4.69) is 0 Å². The lowest BCUT2D eigenvalue weighted by molar-refractivity contribution is -0.161. The minimum Gasteiger partial charge on any atom is -0.458 e. The summed E-state index contributed by atoms with van der Waals surface area (Å²) in [5, 5.41) is -0.607. The van der Waals surface area contributed by atoms with E-state index in [9.17, 15) is 14.4 Å². The third-order valence-electron chi connectivity index (χ3n) is 3.69. The molecule has 0 saturated carbocycles. The number of halogens is 4. The molecule has 5 nitrogen and oxygen atoms in total. The van der Waals surface area contributed by atoms with Crippen molar-refractivity contribution in [2.45, 2.75) is 46.3 Å². The van der Waals surface area contributed by atoms with Crippen molar-refractivity contribution in [3.8, 4) is 0 Å². The Balaban J connectivity index is 2.59. The molecule has 2 rings (SSSR count). The van der Waals surface area contributed by atoms with Crippen LogP contribution >= 0.6 is 46.4 Å². The summed E-state index contributed by atoms with van der Waals surface area (Å²) >= 11 is 24.2. The van der Waals surface area contributed by atoms with Crippen LogP contribution in [-0.4, -0.2) is 34.3 Å². The van der Waals surface area contributed by atoms with Gasteiger partial charge < -0.3 is 4.74 Å². The number of fused-ring (bicyclic) bond motifs is 1. The van der Waals surface area contributed by atoms with Crippen LogP contribution < -0.4 is 0 Å². The number of nitrogens with zero attached hydrogens (tertiary/aromatic N) is 1. The minimum absolute atomic E-state index is 0.126. The summed E-state index contributed by atoms with van der Waals surface area (Å²) in [6.07, 6.45) is 0. The molecule has 1 aliphatic heterocycles. The van der Waals surface area contributed by atoms with Crippen LogP contribution in [0.15, 0.2) is 0 Å². The summed E-state index contributed by atoms with van der Waals surface area (Å²) in [6, 6.07) is -1.15. The molecular formula is C17H17Cl4NO4. The Morgan fingerprint density at radius 3 is 1.58 bits per heavy atom. The summed E-state index contributed by atoms with van der Waals surface area (Å²) in [5.41, 5.74) is -1.11. The van der Waals surface area contributed by atoms with Gasteiger partial charge in [0.25, 0.3) is 11.8 Å². The second-order valence-electron chi connectivity index (χ2n) is 7.21. The van der Waals surface area contributed by atoms with E-state index in [1.165, 1.54) is 0 Å². The first-order valence-electron chi connectivity index (χ1n) is 7.76. The molecule has 1 aliphatic rings. The van der Waals surface area contributed by atoms with Gasteiger partial charge >= 0.3 is 5.97 Å². The van der Waals surface area contributed by atoms with Gasteiger partial charge in [-0.2, -0.15) is 0 Å². The van der Waals surface area contributed by atoms with Gasteiger partial charge in [-0.15, -0.1) is 0 Å². The van der Waals surface area contributed by atoms with Crippen molar-refractivity contribution in [3.05, 3.63) is 31.2 Å². The maximum atomic E-state index is 12.9. The van der Waals surface area contributed by atoms with Crippen LogP contribution in [0.5, 0.6) is 0 Å². The zero-order chi connectivity index (χ0) is 20.1. The number of ether oxygens (including phenoxy) is 1. The molecule has 1 atom stereocenters. The minimum atomic E-state index is -1.15. The highest BCUT2D eigenvalue weighted by molar-refractivity contribution is 6.55. The predicted octanol–water partition coefficient (Wildman–Crippen LogP) is 5.26. The van der Waals surface area contributed by atoms with Crippen molar-refractivity contribution in [1.29, 1.82) is 0 Å². The van der Waals surface area contributed by atoms with E-state index in [0.717, 1.165) is 4.90 Å². The van der Waals surface area contributed by atoms with Crippen LogP contribution in [0.4, 0.5) is 0 Å². The first-order chi connectivity index (χ1) is 11.8. The fourth-order valence-electron chi connectivity index (χ4n) is 2.66. The lowest BCUT2D eigenvalue weighted by atomic mass is 10.0. The number of carbonyl (C=O) groups excluding carboxylic acids is 3. The van der Waals surface area contributed by atoms with Crippen molar-refractivity contribution in [2.24, 2.45) is 5.92 Å². The normalized spacial score (nSPS) is 15.5. The number of rotatable bonds is 3. The highest BCUT2D eigenvalue weighted by Gasteiger charge is 2.48. The molecule has 0 fully saturated rings. The molecule has 142 valence electrons. The first kappa shape index (κ1) is 21.3. The molecule has 0 aliphatic carbocycles. The monoisotopic (exact) mass is 439 g/mol. The van der Waals surface area contributed by atoms with Crippen molar-refractivity contribution in [1.82, 2.24) is 4.90 Å². The second kappa shape index (κ2) is 7.19. The molecule has 0 aromatic heterocycles. The number of benzene rings is 1. The smallest absolute Gasteiger partial charge is 0.330 e. The van der Waals surface area contributed by atoms with E-state index >= 15 is 0 Å². The SMILES string of the molecule is CC(C)[C@@H](C(=O)OC(C)(C)C)N1C(=O)c2c(Cl)c(Cl)c(Cl)c(Cl)c2C1=O. The van der Waals surface area contributed by atoms with Crippen molar-refractivity contribution < 1.29 is 19.1 Å². The molecule has 26 heavy (non-hydrogen) atoms. The van der Waals surface area contributed by atoms with Gasteiger partial charge in [-0.25, -0.2) is 4.79 Å². The quantitative estimate of drug-likeness (QED) is 0.278. The van der Waals surface area contributed by atoms with Crippen LogP contribution in [-0.2, 0) is 9.53 Å². The summed E-state index contributed by atoms with van der Waals surface area (Å²) in [6.45, 7) is 8.47. The average molecular weight is 441 g/mol. The number of carbonyl (C=O) groups is 3. The summed E-state index contributed by atoms with van der Waals surface area (Å²) in [7, 11) is 0. The molecule has 0 spiro atoms. The van der Waals surface area contributed by atoms with Crippen molar-refractivity contribution in [3.63, 3.8) is 0 Å². The van der Waals surface area contributed by atoms with Crippen LogP contribution in [0.25, 0.3) is 0 Å². The third kappa shape index (κ3) is 3.55. The zero-order valence-electron chi connectivity index (χ0n) is 14.7. The van der Waals surface area contributed by atoms with Crippen molar-refractivity contribution in [2.75, 3.05) is 0 Å². The van der Waals surface area contributed by atoms with Gasteiger partial charge in [0.15, 0.2) is 0 Å². The van der Waals surface area contributed by atoms with E-state index in [1.807, 2.05) is 0 Å². The van der Waals surface area contributed by atoms with Gasteiger partial charge in [-0.1, -0.05) is 60.3 Å². The molecule has 9 heteroatoms. The van der Waals surface area contributed by atoms with Gasteiger partial charge in [-0.05, 0) is 26.7 Å². The molecule has 0 N–H and O–H groups in total. The standard InChI is InChI=1S/C17H17Cl4NO4/c1-6(2)13(16(25)26-17(3,4)5)22-14(23)7-8(15(22)24)10(19)12(21)11(20)9(7)18/h6,13H,1-5H3/t13-/m0/s1. The molecule has 0 bridgehead atoms. The number of imide groups is 1. The number of hydrogen-bond acceptors (Lipinski definition) is 4. The van der Waals surface area contributed by atoms with Crippen LogP contribution in [0.3, 0.4) is 0 Å². The Bertz CT molecular complexity index is 767. The zero-order valence-corrected chi connectivity index (χ0v) is 17.8. The Morgan fingerprint density at radius 1 is 0.885 bits per heavy atom. The highest BCUT2D eigenvalue weighted by atomic mass is 35.5. The molecule has 2 amide bonds. The summed E-state index contributed by atoms with van der Waals surface area (Å²) in [5.74, 6) is -2.64. The molecule has 1 aromatic rings. The first-order valence-corrected chi connectivity index (χ1v) is 9.27. The molecule has 1 aromatic carbocycles. The molecule has 1 heterocycles. The maximum absolute atomic E-state index is 12.9. The van der Waals surface area contributed by atoms with Crippen LogP contribution in [0.1, 0.15) is 55.3 Å². The Morgan fingerprint density at radius 2 is 1.27 bits per heavy atom. The molecule has 0 unspecified atom stereocenters. The lowest BCUT2D eigenvalue weighted by Crippen LogP contribution is -2.50. The average Bonchev–Trinajstić information content (AvgIpc) is 2.74. The number of amides is 2. The van der Waals surface area contributed by atoms with Gasteiger partial charge in [0.05, 0.1) is 31.2 Å². The van der Waals surface area contributed by atoms with Gasteiger partial charge in [0.2, 0.25) is 0 Å². The van der Waals surface area contributed by atoms with Gasteiger partial charge in [0, 0.05) is 0 Å². The fraction of sp³-hybridized carbons (Fsp3) is 0.471. The number of hydrogen-bond donors (Lipinski definition) is 0. The molecule has 0 saturated heterocycles. The fourth-order valence-corrected chi connectivity index (χ4v) is 3.67. The third-order valence-corrected chi connectivity index (χ3v) is 5.49. The Kier molecular flexibility index (Phi) is 5.89. The largest absolute Gasteiger partial charge is 0.458 e. The number of esters is 1. The van der Waals surface area contributed by atoms with Crippen LogP contribution in [0.2, 0.25) is 20.1 Å². The van der Waals surface area contributed by atoms with E-state index in [4.69, 9.17) is 51.1 Å². The van der Waals surface area contributed by atoms with Gasteiger partial charge in [-0.3, -0.25) is 14.5 Å². The predicted molar refractivity (Wildman–Crippen MR) is 101 cm³/mol.